The summed E-state index contributed by atoms with van der Waals surface area (Å²) in [6, 6.07) is -1.03. The maximum Gasteiger partial charge on any atom is 0.353 e. The van der Waals surface area contributed by atoms with Crippen LogP contribution in [0.25, 0.3) is 0 Å². The van der Waals surface area contributed by atoms with Crippen molar-refractivity contribution in [3.63, 3.8) is 0 Å². The van der Waals surface area contributed by atoms with Crippen LogP contribution in [0.5, 0.6) is 0 Å². The number of halogens is 1. The number of amides is 2. The molecule has 0 aliphatic carbocycles. The number of hydrogen-bond donors (Lipinski definition) is 3. The van der Waals surface area contributed by atoms with E-state index in [9.17, 15) is 24.3 Å². The number of aromatic nitrogens is 2. The molecular formula is C13H10ClN5O7S2. The van der Waals surface area contributed by atoms with Crippen LogP contribution < -0.4 is 5.32 Å². The minimum atomic E-state index is -1.34. The quantitative estimate of drug-likeness (QED) is 0.275. The molecule has 0 radical (unpaired) electrons. The molecule has 0 saturated carbocycles. The minimum absolute atomic E-state index is 0.0304. The maximum absolute atomic E-state index is 12.5. The van der Waals surface area contributed by atoms with Crippen LogP contribution in [-0.2, 0) is 24.0 Å². The van der Waals surface area contributed by atoms with Crippen molar-refractivity contribution in [2.75, 3.05) is 12.4 Å². The predicted molar refractivity (Wildman–Crippen MR) is 95.6 cm³/mol. The number of nitrogens with zero attached hydrogens (tertiary/aromatic N) is 4. The van der Waals surface area contributed by atoms with Crippen molar-refractivity contribution in [3.8, 4) is 0 Å². The third-order valence-corrected chi connectivity index (χ3v) is 5.77. The molecule has 2 aliphatic rings. The molecular weight excluding hydrogens is 438 g/mol. The van der Waals surface area contributed by atoms with Gasteiger partial charge < -0.3 is 20.4 Å². The van der Waals surface area contributed by atoms with E-state index in [2.05, 4.69) is 24.7 Å². The zero-order valence-corrected chi connectivity index (χ0v) is 16.0. The summed E-state index contributed by atoms with van der Waals surface area (Å²) in [7, 11) is 0. The lowest BCUT2D eigenvalue weighted by Gasteiger charge is -2.48. The number of rotatable bonds is 7. The van der Waals surface area contributed by atoms with E-state index in [-0.39, 0.29) is 22.3 Å². The van der Waals surface area contributed by atoms with Gasteiger partial charge in [0.2, 0.25) is 18.1 Å². The molecule has 0 aromatic carbocycles. The van der Waals surface area contributed by atoms with Gasteiger partial charge in [-0.15, -0.1) is 11.8 Å². The van der Waals surface area contributed by atoms with E-state index < -0.39 is 47.5 Å². The molecule has 3 N–H and O–H groups in total. The summed E-state index contributed by atoms with van der Waals surface area (Å²) in [6.07, 6.45) is 0. The second kappa shape index (κ2) is 8.12. The van der Waals surface area contributed by atoms with Crippen molar-refractivity contribution in [1.29, 1.82) is 0 Å². The largest absolute Gasteiger partial charge is 0.479 e. The molecule has 2 amide bonds. The second-order valence-electron chi connectivity index (χ2n) is 5.28. The van der Waals surface area contributed by atoms with Crippen LogP contribution in [0.3, 0.4) is 0 Å². The first-order valence-corrected chi connectivity index (χ1v) is 9.63. The summed E-state index contributed by atoms with van der Waals surface area (Å²) < 4.78 is 3.84. The Balaban J connectivity index is 1.76. The molecule has 1 unspecified atom stereocenters. The molecule has 1 fully saturated rings. The van der Waals surface area contributed by atoms with Crippen LogP contribution in [0.15, 0.2) is 21.4 Å². The Morgan fingerprint density at radius 1 is 1.43 bits per heavy atom. The first-order chi connectivity index (χ1) is 13.3. The molecule has 148 valence electrons. The summed E-state index contributed by atoms with van der Waals surface area (Å²) in [5, 5.41) is 23.1. The Morgan fingerprint density at radius 2 is 2.18 bits per heavy atom. The number of carbonyl (C=O) groups is 4. The Kier molecular flexibility index (Phi) is 5.81. The van der Waals surface area contributed by atoms with Crippen LogP contribution >= 0.6 is 34.9 Å². The first kappa shape index (κ1) is 20.0. The average molecular weight is 448 g/mol. The normalized spacial score (nSPS) is 21.7. The smallest absolute Gasteiger partial charge is 0.353 e. The van der Waals surface area contributed by atoms with E-state index >= 15 is 0 Å². The second-order valence-corrected chi connectivity index (χ2v) is 7.45. The van der Waals surface area contributed by atoms with Gasteiger partial charge in [0, 0.05) is 5.75 Å². The third kappa shape index (κ3) is 3.79. The maximum atomic E-state index is 12.5. The van der Waals surface area contributed by atoms with E-state index in [4.69, 9.17) is 16.7 Å². The number of carboxylic acid groups (broad SMARTS) is 2. The number of thioether (sulfide) groups is 1. The summed E-state index contributed by atoms with van der Waals surface area (Å²) in [4.78, 5) is 56.2. The molecule has 1 aromatic heterocycles. The molecule has 12 nitrogen and oxygen atoms in total. The minimum Gasteiger partial charge on any atom is -0.479 e. The standard InChI is InChI=1S/C13H10ClN5O7S2/c14-4-2-27-12-7(11(23)19(12)8(4)13(24)25)16-10(22)6(9-15-3-28-18-9)17-26-1-5(20)21/h3,7,12H,1-2H2,(H,16,22)(H,20,21)(H,24,25)/b17-6-/t7?,12-/m1/s1. The lowest BCUT2D eigenvalue weighted by molar-refractivity contribution is -0.150. The lowest BCUT2D eigenvalue weighted by atomic mass is 10.0. The number of carbonyl (C=O) groups excluding carboxylic acids is 2. The van der Waals surface area contributed by atoms with Gasteiger partial charge in [0.25, 0.3) is 11.8 Å². The Bertz CT molecular complexity index is 903. The van der Waals surface area contributed by atoms with Gasteiger partial charge >= 0.3 is 11.9 Å². The fourth-order valence-electron chi connectivity index (χ4n) is 2.40. The van der Waals surface area contributed by atoms with Gasteiger partial charge in [0.1, 0.15) is 22.6 Å². The molecule has 1 aromatic rings. The van der Waals surface area contributed by atoms with Gasteiger partial charge in [-0.25, -0.2) is 14.6 Å². The van der Waals surface area contributed by atoms with Crippen molar-refractivity contribution in [3.05, 3.63) is 22.1 Å². The Morgan fingerprint density at radius 3 is 2.79 bits per heavy atom. The third-order valence-electron chi connectivity index (χ3n) is 3.54. The molecule has 3 rings (SSSR count). The van der Waals surface area contributed by atoms with Gasteiger partial charge in [-0.05, 0) is 11.5 Å². The highest BCUT2D eigenvalue weighted by molar-refractivity contribution is 8.00. The van der Waals surface area contributed by atoms with Crippen molar-refractivity contribution in [2.45, 2.75) is 11.4 Å². The average Bonchev–Trinajstić information content (AvgIpc) is 3.16. The molecule has 0 bridgehead atoms. The number of hydrogen-bond acceptors (Lipinski definition) is 10. The van der Waals surface area contributed by atoms with Gasteiger partial charge in [0.15, 0.2) is 0 Å². The highest BCUT2D eigenvalue weighted by Crippen LogP contribution is 2.41. The molecule has 3 heterocycles. The fraction of sp³-hybridized carbons (Fsp3) is 0.308. The zero-order valence-electron chi connectivity index (χ0n) is 13.6. The summed E-state index contributed by atoms with van der Waals surface area (Å²) in [6.45, 7) is -0.791. The van der Waals surface area contributed by atoms with E-state index in [0.29, 0.717) is 0 Å². The molecule has 0 spiro atoms. The van der Waals surface area contributed by atoms with Crippen LogP contribution in [0, 0.1) is 0 Å². The van der Waals surface area contributed by atoms with E-state index in [1.807, 2.05) is 0 Å². The zero-order chi connectivity index (χ0) is 20.4. The molecule has 1 saturated heterocycles. The predicted octanol–water partition coefficient (Wildman–Crippen LogP) is -0.722. The van der Waals surface area contributed by atoms with Crippen LogP contribution in [0.4, 0.5) is 0 Å². The lowest BCUT2D eigenvalue weighted by Crippen LogP contribution is -2.71. The summed E-state index contributed by atoms with van der Waals surface area (Å²) in [5.74, 6) is -4.12. The number of fused-ring (bicyclic) bond motifs is 1. The number of β-lactam (4-membered cyclic amide) rings is 1. The number of carboxylic acids is 2. The first-order valence-electron chi connectivity index (χ1n) is 7.37. The molecule has 2 atom stereocenters. The SMILES string of the molecule is O=C(O)CO/N=C(\C(=O)NC1C(=O)N2C(C(=O)O)=C(Cl)CS[C@H]12)c1ncsn1. The summed E-state index contributed by atoms with van der Waals surface area (Å²) >= 11 is 8.00. The van der Waals surface area contributed by atoms with E-state index in [1.165, 1.54) is 17.3 Å². The fourth-order valence-corrected chi connectivity index (χ4v) is 4.38. The van der Waals surface area contributed by atoms with Crippen LogP contribution in [0.1, 0.15) is 5.82 Å². The molecule has 28 heavy (non-hydrogen) atoms. The monoisotopic (exact) mass is 447 g/mol. The topological polar surface area (TPSA) is 171 Å². The molecule has 15 heteroatoms. The Hall–Kier alpha value is -2.71. The van der Waals surface area contributed by atoms with Crippen LogP contribution in [-0.4, -0.2) is 77.7 Å². The van der Waals surface area contributed by atoms with Gasteiger partial charge in [-0.1, -0.05) is 16.8 Å². The highest BCUT2D eigenvalue weighted by atomic mass is 35.5. The van der Waals surface area contributed by atoms with E-state index in [0.717, 1.165) is 16.4 Å². The van der Waals surface area contributed by atoms with Crippen molar-refractivity contribution < 1.29 is 34.2 Å². The van der Waals surface area contributed by atoms with Crippen molar-refractivity contribution in [2.24, 2.45) is 5.16 Å². The van der Waals surface area contributed by atoms with Gasteiger partial charge in [-0.3, -0.25) is 14.5 Å². The molecule has 2 aliphatic heterocycles. The highest BCUT2D eigenvalue weighted by Gasteiger charge is 2.54. The van der Waals surface area contributed by atoms with E-state index in [1.54, 1.807) is 0 Å². The van der Waals surface area contributed by atoms with Crippen LogP contribution in [0.2, 0.25) is 0 Å². The number of aliphatic carboxylic acids is 2. The van der Waals surface area contributed by atoms with Gasteiger partial charge in [0.05, 0.1) is 5.03 Å². The summed E-state index contributed by atoms with van der Waals surface area (Å²) in [5.41, 5.74) is 0.594. The number of nitrogens with one attached hydrogen (secondary N) is 1. The van der Waals surface area contributed by atoms with Gasteiger partial charge in [-0.2, -0.15) is 4.37 Å². The number of oxime groups is 1. The Labute approximate surface area is 169 Å². The van der Waals surface area contributed by atoms with Crippen molar-refractivity contribution in [1.82, 2.24) is 19.6 Å². The van der Waals surface area contributed by atoms with Crippen molar-refractivity contribution >= 4 is 64.4 Å².